The van der Waals surface area contributed by atoms with Gasteiger partial charge in [0.15, 0.2) is 6.61 Å². The summed E-state index contributed by atoms with van der Waals surface area (Å²) in [7, 11) is 0. The van der Waals surface area contributed by atoms with E-state index >= 15 is 0 Å². The van der Waals surface area contributed by atoms with Crippen LogP contribution in [0, 0.1) is 11.8 Å². The molecule has 3 rings (SSSR count). The minimum atomic E-state index is 0.00708. The molecular weight excluding hydrogens is 294 g/mol. The first-order valence-corrected chi connectivity index (χ1v) is 9.08. The van der Waals surface area contributed by atoms with Crippen LogP contribution in [0.2, 0.25) is 0 Å². The van der Waals surface area contributed by atoms with Crippen molar-refractivity contribution < 1.29 is 14.4 Å². The maximum atomic E-state index is 12.5. The van der Waals surface area contributed by atoms with Gasteiger partial charge in [0, 0.05) is 31.7 Å². The molecule has 2 saturated heterocycles. The van der Waals surface area contributed by atoms with Crippen molar-refractivity contribution in [3.63, 3.8) is 0 Å². The van der Waals surface area contributed by atoms with E-state index < -0.39 is 0 Å². The number of carbonyl (C=O) groups is 1. The van der Waals surface area contributed by atoms with Gasteiger partial charge >= 0.3 is 0 Å². The number of rotatable bonds is 4. The molecule has 0 spiro atoms. The van der Waals surface area contributed by atoms with E-state index in [4.69, 9.17) is 15.3 Å². The summed E-state index contributed by atoms with van der Waals surface area (Å²) in [5, 5.41) is 3.98. The molecule has 3 aliphatic rings. The predicted molar refractivity (Wildman–Crippen MR) is 87.8 cm³/mol. The van der Waals surface area contributed by atoms with Gasteiger partial charge < -0.3 is 20.2 Å². The van der Waals surface area contributed by atoms with Gasteiger partial charge in [0.2, 0.25) is 0 Å². The number of ether oxygens (including phenoxy) is 1. The van der Waals surface area contributed by atoms with Gasteiger partial charge in [-0.1, -0.05) is 18.0 Å². The van der Waals surface area contributed by atoms with Gasteiger partial charge in [-0.2, -0.15) is 0 Å². The van der Waals surface area contributed by atoms with Crippen molar-refractivity contribution in [2.75, 3.05) is 26.4 Å². The Hall–Kier alpha value is -1.30. The van der Waals surface area contributed by atoms with Crippen LogP contribution >= 0.6 is 0 Å². The third-order valence-electron chi connectivity index (χ3n) is 5.56. The van der Waals surface area contributed by atoms with Crippen LogP contribution in [0.5, 0.6) is 0 Å². The van der Waals surface area contributed by atoms with E-state index in [1.54, 1.807) is 0 Å². The van der Waals surface area contributed by atoms with Gasteiger partial charge in [-0.05, 0) is 44.4 Å². The van der Waals surface area contributed by atoms with Crippen molar-refractivity contribution in [3.8, 4) is 0 Å². The number of fused-ring (bicyclic) bond motifs is 1. The number of hydrogen-bond acceptors (Lipinski definition) is 4. The second-order valence-corrected chi connectivity index (χ2v) is 7.02. The van der Waals surface area contributed by atoms with E-state index in [2.05, 4.69) is 5.16 Å². The molecule has 2 aliphatic heterocycles. The van der Waals surface area contributed by atoms with E-state index in [0.29, 0.717) is 17.8 Å². The van der Waals surface area contributed by atoms with Gasteiger partial charge in [-0.3, -0.25) is 4.79 Å². The van der Waals surface area contributed by atoms with E-state index in [-0.39, 0.29) is 18.4 Å². The smallest absolute Gasteiger partial charge is 0.263 e. The number of nitrogens with two attached hydrogens (primary N) is 1. The standard InChI is InChI=1S/C17H29N3O3/c18-17(14-7-10-22-11-8-14)19-23-12-16(21)20-9-3-5-13-4-1-2-6-15(13)20/h13-15H,1-12H2,(H2,18,19). The molecule has 6 heteroatoms. The van der Waals surface area contributed by atoms with Crippen molar-refractivity contribution >= 4 is 11.7 Å². The summed E-state index contributed by atoms with van der Waals surface area (Å²) in [6.07, 6.45) is 9.09. The molecule has 2 N–H and O–H groups in total. The zero-order valence-corrected chi connectivity index (χ0v) is 13.9. The quantitative estimate of drug-likeness (QED) is 0.487. The number of oxime groups is 1. The molecule has 6 nitrogen and oxygen atoms in total. The lowest BCUT2D eigenvalue weighted by Gasteiger charge is -2.43. The maximum Gasteiger partial charge on any atom is 0.263 e. The van der Waals surface area contributed by atoms with Crippen LogP contribution in [0.4, 0.5) is 0 Å². The topological polar surface area (TPSA) is 77.2 Å². The molecule has 2 atom stereocenters. The zero-order valence-electron chi connectivity index (χ0n) is 13.9. The van der Waals surface area contributed by atoms with Crippen LogP contribution < -0.4 is 5.73 Å². The Balaban J connectivity index is 1.48. The van der Waals surface area contributed by atoms with E-state index in [9.17, 15) is 4.79 Å². The number of hydrogen-bond donors (Lipinski definition) is 1. The van der Waals surface area contributed by atoms with Gasteiger partial charge in [-0.15, -0.1) is 0 Å². The van der Waals surface area contributed by atoms with Crippen LogP contribution in [0.15, 0.2) is 5.16 Å². The van der Waals surface area contributed by atoms with Crippen LogP contribution in [0.25, 0.3) is 0 Å². The summed E-state index contributed by atoms with van der Waals surface area (Å²) in [6.45, 7) is 2.31. The molecule has 1 aliphatic carbocycles. The lowest BCUT2D eigenvalue weighted by Crippen LogP contribution is -2.50. The van der Waals surface area contributed by atoms with Gasteiger partial charge in [0.1, 0.15) is 5.84 Å². The molecule has 23 heavy (non-hydrogen) atoms. The molecule has 0 aromatic carbocycles. The molecule has 1 amide bonds. The Labute approximate surface area is 138 Å². The first-order chi connectivity index (χ1) is 11.3. The van der Waals surface area contributed by atoms with Crippen molar-refractivity contribution in [2.45, 2.75) is 57.4 Å². The number of nitrogens with zero attached hydrogens (tertiary/aromatic N) is 2. The normalized spacial score (nSPS) is 29.9. The second kappa shape index (κ2) is 7.99. The van der Waals surface area contributed by atoms with Gasteiger partial charge in [-0.25, -0.2) is 0 Å². The van der Waals surface area contributed by atoms with Crippen molar-refractivity contribution in [2.24, 2.45) is 22.7 Å². The Bertz CT molecular complexity index is 433. The Kier molecular flexibility index (Phi) is 5.75. The maximum absolute atomic E-state index is 12.5. The predicted octanol–water partition coefficient (Wildman–Crippen LogP) is 1.88. The summed E-state index contributed by atoms with van der Waals surface area (Å²) >= 11 is 0. The van der Waals surface area contributed by atoms with Crippen molar-refractivity contribution in [1.29, 1.82) is 0 Å². The number of likely N-dealkylation sites (tertiary alicyclic amines) is 1. The summed E-state index contributed by atoms with van der Waals surface area (Å²) in [6, 6.07) is 0.422. The Morgan fingerprint density at radius 2 is 1.87 bits per heavy atom. The third-order valence-corrected chi connectivity index (χ3v) is 5.56. The average Bonchev–Trinajstić information content (AvgIpc) is 2.61. The fraction of sp³-hybridized carbons (Fsp3) is 0.882. The minimum absolute atomic E-state index is 0.00708. The molecule has 0 aromatic rings. The fourth-order valence-electron chi connectivity index (χ4n) is 4.25. The lowest BCUT2D eigenvalue weighted by atomic mass is 9.78. The monoisotopic (exact) mass is 323 g/mol. The molecule has 0 bridgehead atoms. The molecule has 2 heterocycles. The Morgan fingerprint density at radius 3 is 2.70 bits per heavy atom. The lowest BCUT2D eigenvalue weighted by molar-refractivity contribution is -0.142. The number of amides is 1. The first-order valence-electron chi connectivity index (χ1n) is 9.08. The van der Waals surface area contributed by atoms with E-state index in [0.717, 1.165) is 45.4 Å². The number of piperidine rings is 1. The first kappa shape index (κ1) is 16.6. The van der Waals surface area contributed by atoms with Crippen LogP contribution in [0.1, 0.15) is 51.4 Å². The molecule has 1 saturated carbocycles. The SMILES string of the molecule is N/C(=N\OCC(=O)N1CCCC2CCCCC21)C1CCOCC1. The highest BCUT2D eigenvalue weighted by atomic mass is 16.6. The molecule has 2 unspecified atom stereocenters. The highest BCUT2D eigenvalue weighted by Crippen LogP contribution is 2.35. The summed E-state index contributed by atoms with van der Waals surface area (Å²) in [5.74, 6) is 1.47. The van der Waals surface area contributed by atoms with E-state index in [1.165, 1.54) is 25.7 Å². The van der Waals surface area contributed by atoms with Gasteiger partial charge in [0.05, 0.1) is 0 Å². The highest BCUT2D eigenvalue weighted by Gasteiger charge is 2.35. The molecular formula is C17H29N3O3. The second-order valence-electron chi connectivity index (χ2n) is 7.02. The van der Waals surface area contributed by atoms with Crippen molar-refractivity contribution in [1.82, 2.24) is 4.90 Å². The largest absolute Gasteiger partial charge is 0.384 e. The van der Waals surface area contributed by atoms with Crippen LogP contribution in [0.3, 0.4) is 0 Å². The molecule has 0 aromatic heterocycles. The Morgan fingerprint density at radius 1 is 1.13 bits per heavy atom. The fourth-order valence-corrected chi connectivity index (χ4v) is 4.25. The summed E-state index contributed by atoms with van der Waals surface area (Å²) in [5.41, 5.74) is 5.96. The third kappa shape index (κ3) is 4.16. The molecule has 130 valence electrons. The van der Waals surface area contributed by atoms with E-state index in [1.807, 2.05) is 4.90 Å². The van der Waals surface area contributed by atoms with Gasteiger partial charge in [0.25, 0.3) is 5.91 Å². The van der Waals surface area contributed by atoms with Crippen LogP contribution in [-0.2, 0) is 14.4 Å². The van der Waals surface area contributed by atoms with Crippen LogP contribution in [-0.4, -0.2) is 49.0 Å². The molecule has 0 radical (unpaired) electrons. The number of carbonyl (C=O) groups excluding carboxylic acids is 1. The molecule has 3 fully saturated rings. The minimum Gasteiger partial charge on any atom is -0.384 e. The summed E-state index contributed by atoms with van der Waals surface area (Å²) in [4.78, 5) is 19.8. The van der Waals surface area contributed by atoms with Crippen molar-refractivity contribution in [3.05, 3.63) is 0 Å². The average molecular weight is 323 g/mol. The summed E-state index contributed by atoms with van der Waals surface area (Å²) < 4.78 is 5.31. The number of amidine groups is 1. The zero-order chi connectivity index (χ0) is 16.1. The highest BCUT2D eigenvalue weighted by molar-refractivity contribution is 5.82.